The molecule has 0 aromatic heterocycles. The summed E-state index contributed by atoms with van der Waals surface area (Å²) in [5.74, 6) is -0.173. The second kappa shape index (κ2) is 9.24. The molecule has 0 bridgehead atoms. The minimum Gasteiger partial charge on any atom is -0.484 e. The summed E-state index contributed by atoms with van der Waals surface area (Å²) >= 11 is 2.19. The lowest BCUT2D eigenvalue weighted by Gasteiger charge is -2.09. The van der Waals surface area contributed by atoms with Crippen molar-refractivity contribution in [2.75, 3.05) is 25.1 Å². The van der Waals surface area contributed by atoms with E-state index in [0.717, 1.165) is 3.57 Å². The van der Waals surface area contributed by atoms with Crippen molar-refractivity contribution < 1.29 is 19.4 Å². The molecule has 0 aliphatic heterocycles. The van der Waals surface area contributed by atoms with Gasteiger partial charge in [-0.25, -0.2) is 0 Å². The minimum atomic E-state index is -0.308. The molecule has 0 fully saturated rings. The van der Waals surface area contributed by atoms with Crippen molar-refractivity contribution in [2.45, 2.75) is 0 Å². The Kier molecular flexibility index (Phi) is 7.01. The molecule has 0 heterocycles. The number of rotatable bonds is 7. The third kappa shape index (κ3) is 5.82. The Morgan fingerprint density at radius 1 is 1.12 bits per heavy atom. The Bertz CT molecular complexity index is 704. The lowest BCUT2D eigenvalue weighted by atomic mass is 10.2. The van der Waals surface area contributed by atoms with Crippen LogP contribution < -0.4 is 15.4 Å². The molecular formula is C17H17IN2O4. The largest absolute Gasteiger partial charge is 0.484 e. The number of hydrogen-bond donors (Lipinski definition) is 3. The summed E-state index contributed by atoms with van der Waals surface area (Å²) in [5.41, 5.74) is 1.10. The second-order valence-electron chi connectivity index (χ2n) is 4.85. The van der Waals surface area contributed by atoms with Gasteiger partial charge in [0.25, 0.3) is 11.8 Å². The first-order valence-corrected chi connectivity index (χ1v) is 8.33. The van der Waals surface area contributed by atoms with E-state index in [1.165, 1.54) is 0 Å². The van der Waals surface area contributed by atoms with Crippen molar-refractivity contribution in [3.05, 3.63) is 57.7 Å². The van der Waals surface area contributed by atoms with Crippen LogP contribution in [0.25, 0.3) is 0 Å². The number of aliphatic hydroxyl groups excluding tert-OH is 1. The first-order valence-electron chi connectivity index (χ1n) is 7.26. The van der Waals surface area contributed by atoms with Crippen LogP contribution in [0, 0.1) is 3.57 Å². The second-order valence-corrected chi connectivity index (χ2v) is 6.10. The van der Waals surface area contributed by atoms with Crippen molar-refractivity contribution >= 4 is 40.1 Å². The molecule has 0 aliphatic carbocycles. The van der Waals surface area contributed by atoms with Crippen LogP contribution in [0.15, 0.2) is 48.5 Å². The van der Waals surface area contributed by atoms with E-state index < -0.39 is 0 Å². The van der Waals surface area contributed by atoms with Gasteiger partial charge in [0.15, 0.2) is 6.61 Å². The van der Waals surface area contributed by atoms with Gasteiger partial charge in [0.2, 0.25) is 0 Å². The fourth-order valence-electron chi connectivity index (χ4n) is 1.88. The molecule has 0 atom stereocenters. The van der Waals surface area contributed by atoms with Gasteiger partial charge in [-0.1, -0.05) is 6.07 Å². The normalized spacial score (nSPS) is 10.1. The molecule has 2 rings (SSSR count). The van der Waals surface area contributed by atoms with Crippen LogP contribution in [-0.2, 0) is 4.79 Å². The quantitative estimate of drug-likeness (QED) is 0.576. The van der Waals surface area contributed by atoms with Crippen molar-refractivity contribution in [3.63, 3.8) is 0 Å². The number of aliphatic hydroxyl groups is 1. The van der Waals surface area contributed by atoms with E-state index in [4.69, 9.17) is 9.84 Å². The Morgan fingerprint density at radius 2 is 1.88 bits per heavy atom. The molecule has 0 aliphatic rings. The number of ether oxygens (including phenoxy) is 1. The molecule has 6 nitrogen and oxygen atoms in total. The van der Waals surface area contributed by atoms with Gasteiger partial charge in [0.05, 0.1) is 6.61 Å². The Hall–Kier alpha value is -2.13. The first kappa shape index (κ1) is 18.2. The number of carbonyl (C=O) groups excluding carboxylic acids is 2. The predicted molar refractivity (Wildman–Crippen MR) is 99.1 cm³/mol. The maximum absolute atomic E-state index is 11.9. The average molecular weight is 440 g/mol. The summed E-state index contributed by atoms with van der Waals surface area (Å²) in [7, 11) is 0. The summed E-state index contributed by atoms with van der Waals surface area (Å²) in [6, 6.07) is 13.9. The highest BCUT2D eigenvalue weighted by Gasteiger charge is 2.08. The molecule has 2 aromatic rings. The summed E-state index contributed by atoms with van der Waals surface area (Å²) < 4.78 is 6.50. The van der Waals surface area contributed by atoms with Crippen LogP contribution >= 0.6 is 22.6 Å². The summed E-state index contributed by atoms with van der Waals surface area (Å²) in [6.07, 6.45) is 0. The molecule has 2 amide bonds. The van der Waals surface area contributed by atoms with Crippen LogP contribution in [0.1, 0.15) is 10.4 Å². The fourth-order valence-corrected chi connectivity index (χ4v) is 2.24. The topological polar surface area (TPSA) is 87.7 Å². The van der Waals surface area contributed by atoms with E-state index in [1.807, 2.05) is 24.3 Å². The SMILES string of the molecule is O=C(COc1cccc(C(=O)NCCO)c1)Nc1ccc(I)cc1. The molecule has 0 saturated carbocycles. The summed E-state index contributed by atoms with van der Waals surface area (Å²) in [6.45, 7) is -0.101. The van der Waals surface area contributed by atoms with Gasteiger partial charge in [-0.3, -0.25) is 9.59 Å². The Morgan fingerprint density at radius 3 is 2.58 bits per heavy atom. The van der Waals surface area contributed by atoms with Gasteiger partial charge < -0.3 is 20.5 Å². The van der Waals surface area contributed by atoms with E-state index in [1.54, 1.807) is 24.3 Å². The van der Waals surface area contributed by atoms with Gasteiger partial charge in [-0.15, -0.1) is 0 Å². The smallest absolute Gasteiger partial charge is 0.262 e. The number of anilines is 1. The number of hydrogen-bond acceptors (Lipinski definition) is 4. The predicted octanol–water partition coefficient (Wildman–Crippen LogP) is 2.03. The first-order chi connectivity index (χ1) is 11.6. The van der Waals surface area contributed by atoms with E-state index >= 15 is 0 Å². The van der Waals surface area contributed by atoms with Crippen LogP contribution in [0.2, 0.25) is 0 Å². The van der Waals surface area contributed by atoms with Gasteiger partial charge in [-0.2, -0.15) is 0 Å². The molecule has 0 spiro atoms. The van der Waals surface area contributed by atoms with Crippen LogP contribution in [0.3, 0.4) is 0 Å². The lowest BCUT2D eigenvalue weighted by Crippen LogP contribution is -2.26. The molecule has 24 heavy (non-hydrogen) atoms. The number of nitrogens with one attached hydrogen (secondary N) is 2. The lowest BCUT2D eigenvalue weighted by molar-refractivity contribution is -0.118. The highest BCUT2D eigenvalue weighted by atomic mass is 127. The van der Waals surface area contributed by atoms with Gasteiger partial charge in [0.1, 0.15) is 5.75 Å². The van der Waals surface area contributed by atoms with Gasteiger partial charge >= 0.3 is 0 Å². The van der Waals surface area contributed by atoms with Gasteiger partial charge in [0, 0.05) is 21.4 Å². The molecule has 3 N–H and O–H groups in total. The van der Waals surface area contributed by atoms with Crippen molar-refractivity contribution in [1.29, 1.82) is 0 Å². The standard InChI is InChI=1S/C17H17IN2O4/c18-13-4-6-14(7-5-13)20-16(22)11-24-15-3-1-2-12(10-15)17(23)19-8-9-21/h1-7,10,21H,8-9,11H2,(H,19,23)(H,20,22). The van der Waals surface area contributed by atoms with Crippen LogP contribution in [-0.4, -0.2) is 36.7 Å². The van der Waals surface area contributed by atoms with Crippen LogP contribution in [0.5, 0.6) is 5.75 Å². The number of amides is 2. The molecule has 2 aromatic carbocycles. The molecule has 0 radical (unpaired) electrons. The van der Waals surface area contributed by atoms with Crippen molar-refractivity contribution in [1.82, 2.24) is 5.32 Å². The fraction of sp³-hybridized carbons (Fsp3) is 0.176. The average Bonchev–Trinajstić information content (AvgIpc) is 2.60. The highest BCUT2D eigenvalue weighted by Crippen LogP contribution is 2.14. The summed E-state index contributed by atoms with van der Waals surface area (Å²) in [4.78, 5) is 23.7. The maximum atomic E-state index is 11.9. The van der Waals surface area contributed by atoms with E-state index in [9.17, 15) is 9.59 Å². The summed E-state index contributed by atoms with van der Waals surface area (Å²) in [5, 5.41) is 14.0. The molecule has 126 valence electrons. The van der Waals surface area contributed by atoms with Crippen molar-refractivity contribution in [2.24, 2.45) is 0 Å². The Labute approximate surface area is 153 Å². The molecule has 0 saturated heterocycles. The third-order valence-electron chi connectivity index (χ3n) is 2.99. The van der Waals surface area contributed by atoms with E-state index in [2.05, 4.69) is 33.2 Å². The number of halogens is 1. The number of benzene rings is 2. The molecular weight excluding hydrogens is 423 g/mol. The minimum absolute atomic E-state index is 0.124. The monoisotopic (exact) mass is 440 g/mol. The Balaban J connectivity index is 1.88. The zero-order chi connectivity index (χ0) is 17.4. The third-order valence-corrected chi connectivity index (χ3v) is 3.71. The van der Waals surface area contributed by atoms with Crippen molar-refractivity contribution in [3.8, 4) is 5.75 Å². The number of carbonyl (C=O) groups is 2. The zero-order valence-electron chi connectivity index (χ0n) is 12.8. The van der Waals surface area contributed by atoms with Crippen LogP contribution in [0.4, 0.5) is 5.69 Å². The van der Waals surface area contributed by atoms with Gasteiger partial charge in [-0.05, 0) is 65.1 Å². The van der Waals surface area contributed by atoms with E-state index in [-0.39, 0.29) is 31.6 Å². The molecule has 0 unspecified atom stereocenters. The highest BCUT2D eigenvalue weighted by molar-refractivity contribution is 14.1. The maximum Gasteiger partial charge on any atom is 0.262 e. The molecule has 7 heteroatoms. The van der Waals surface area contributed by atoms with E-state index in [0.29, 0.717) is 17.0 Å². The zero-order valence-corrected chi connectivity index (χ0v) is 14.9.